The third-order valence-electron chi connectivity index (χ3n) is 2.81. The van der Waals surface area contributed by atoms with Gasteiger partial charge >= 0.3 is 0 Å². The standard InChI is InChI=1S/C15H23NO2/c1-10(2)14(16)9-15(17)12-6-5-7-13(8-12)18-11(3)4/h5-8,10-11,14H,9,16H2,1-4H3. The lowest BCUT2D eigenvalue weighted by Gasteiger charge is -2.15. The molecular formula is C15H23NO2. The van der Waals surface area contributed by atoms with E-state index in [0.29, 0.717) is 17.9 Å². The normalized spacial score (nSPS) is 12.8. The Morgan fingerprint density at radius 2 is 1.94 bits per heavy atom. The Hall–Kier alpha value is -1.35. The third kappa shape index (κ3) is 4.49. The van der Waals surface area contributed by atoms with Crippen molar-refractivity contribution in [2.75, 3.05) is 0 Å². The first-order valence-corrected chi connectivity index (χ1v) is 6.45. The van der Waals surface area contributed by atoms with Crippen LogP contribution in [0.15, 0.2) is 24.3 Å². The van der Waals surface area contributed by atoms with Crippen molar-refractivity contribution < 1.29 is 9.53 Å². The van der Waals surface area contributed by atoms with Gasteiger partial charge in [-0.2, -0.15) is 0 Å². The first-order chi connectivity index (χ1) is 8.40. The fourth-order valence-corrected chi connectivity index (χ4v) is 1.58. The first kappa shape index (κ1) is 14.7. The van der Waals surface area contributed by atoms with Crippen LogP contribution in [0, 0.1) is 5.92 Å². The molecule has 1 atom stereocenters. The van der Waals surface area contributed by atoms with Crippen molar-refractivity contribution in [2.24, 2.45) is 11.7 Å². The summed E-state index contributed by atoms with van der Waals surface area (Å²) in [6.45, 7) is 7.97. The molecule has 2 N–H and O–H groups in total. The molecule has 100 valence electrons. The van der Waals surface area contributed by atoms with Crippen LogP contribution < -0.4 is 10.5 Å². The van der Waals surface area contributed by atoms with E-state index < -0.39 is 0 Å². The number of nitrogens with two attached hydrogens (primary N) is 1. The Morgan fingerprint density at radius 1 is 1.28 bits per heavy atom. The topological polar surface area (TPSA) is 52.3 Å². The molecule has 0 bridgehead atoms. The van der Waals surface area contributed by atoms with Crippen LogP contribution in [0.2, 0.25) is 0 Å². The number of carbonyl (C=O) groups excluding carboxylic acids is 1. The highest BCUT2D eigenvalue weighted by Gasteiger charge is 2.15. The minimum absolute atomic E-state index is 0.0745. The van der Waals surface area contributed by atoms with E-state index in [9.17, 15) is 4.79 Å². The van der Waals surface area contributed by atoms with Crippen molar-refractivity contribution in [3.8, 4) is 5.75 Å². The SMILES string of the molecule is CC(C)Oc1cccc(C(=O)CC(N)C(C)C)c1. The van der Waals surface area contributed by atoms with Gasteiger partial charge in [-0.25, -0.2) is 0 Å². The molecule has 0 saturated heterocycles. The highest BCUT2D eigenvalue weighted by atomic mass is 16.5. The Labute approximate surface area is 109 Å². The fraction of sp³-hybridized carbons (Fsp3) is 0.533. The minimum atomic E-state index is -0.0906. The van der Waals surface area contributed by atoms with E-state index in [4.69, 9.17) is 10.5 Å². The summed E-state index contributed by atoms with van der Waals surface area (Å²) in [5.41, 5.74) is 6.59. The number of hydrogen-bond acceptors (Lipinski definition) is 3. The largest absolute Gasteiger partial charge is 0.491 e. The lowest BCUT2D eigenvalue weighted by molar-refractivity contribution is 0.0967. The van der Waals surface area contributed by atoms with Crippen molar-refractivity contribution >= 4 is 5.78 Å². The van der Waals surface area contributed by atoms with Gasteiger partial charge in [0.25, 0.3) is 0 Å². The molecule has 0 fully saturated rings. The zero-order chi connectivity index (χ0) is 13.7. The molecule has 1 aromatic carbocycles. The monoisotopic (exact) mass is 249 g/mol. The molecule has 1 rings (SSSR count). The van der Waals surface area contributed by atoms with E-state index >= 15 is 0 Å². The van der Waals surface area contributed by atoms with E-state index in [1.807, 2.05) is 45.9 Å². The molecule has 0 radical (unpaired) electrons. The Balaban J connectivity index is 2.74. The molecule has 0 spiro atoms. The Kier molecular flexibility index (Phi) is 5.35. The second kappa shape index (κ2) is 6.55. The predicted octanol–water partition coefficient (Wildman–Crippen LogP) is 3.03. The Morgan fingerprint density at radius 3 is 2.50 bits per heavy atom. The number of benzene rings is 1. The highest BCUT2D eigenvalue weighted by Crippen LogP contribution is 2.17. The molecule has 1 aromatic rings. The summed E-state index contributed by atoms with van der Waals surface area (Å²) in [6.07, 6.45) is 0.483. The molecule has 0 aliphatic rings. The molecule has 1 unspecified atom stereocenters. The summed E-state index contributed by atoms with van der Waals surface area (Å²) >= 11 is 0. The summed E-state index contributed by atoms with van der Waals surface area (Å²) in [7, 11) is 0. The zero-order valence-corrected chi connectivity index (χ0v) is 11.6. The summed E-state index contributed by atoms with van der Waals surface area (Å²) in [5.74, 6) is 1.11. The molecule has 3 nitrogen and oxygen atoms in total. The van der Waals surface area contributed by atoms with Crippen molar-refractivity contribution in [3.05, 3.63) is 29.8 Å². The molecule has 0 amide bonds. The third-order valence-corrected chi connectivity index (χ3v) is 2.81. The van der Waals surface area contributed by atoms with E-state index in [-0.39, 0.29) is 17.9 Å². The summed E-state index contributed by atoms with van der Waals surface area (Å²) in [4.78, 5) is 12.1. The highest BCUT2D eigenvalue weighted by molar-refractivity contribution is 5.96. The molecule has 18 heavy (non-hydrogen) atoms. The van der Waals surface area contributed by atoms with Gasteiger partial charge in [0.1, 0.15) is 5.75 Å². The van der Waals surface area contributed by atoms with Crippen molar-refractivity contribution in [3.63, 3.8) is 0 Å². The van der Waals surface area contributed by atoms with Crippen molar-refractivity contribution in [1.29, 1.82) is 0 Å². The average Bonchev–Trinajstić information content (AvgIpc) is 2.28. The van der Waals surface area contributed by atoms with E-state index in [1.165, 1.54) is 0 Å². The summed E-state index contributed by atoms with van der Waals surface area (Å²) in [5, 5.41) is 0. The van der Waals surface area contributed by atoms with Crippen LogP contribution in [-0.4, -0.2) is 17.9 Å². The first-order valence-electron chi connectivity index (χ1n) is 6.45. The molecule has 0 aromatic heterocycles. The van der Waals surface area contributed by atoms with Gasteiger partial charge in [0, 0.05) is 18.0 Å². The van der Waals surface area contributed by atoms with Gasteiger partial charge in [-0.1, -0.05) is 26.0 Å². The van der Waals surface area contributed by atoms with Crippen LogP contribution in [0.1, 0.15) is 44.5 Å². The van der Waals surface area contributed by atoms with Gasteiger partial charge in [-0.15, -0.1) is 0 Å². The van der Waals surface area contributed by atoms with Crippen LogP contribution in [0.3, 0.4) is 0 Å². The Bertz CT molecular complexity index is 399. The second-order valence-corrected chi connectivity index (χ2v) is 5.23. The van der Waals surface area contributed by atoms with Crippen LogP contribution in [0.25, 0.3) is 0 Å². The summed E-state index contributed by atoms with van der Waals surface area (Å²) in [6, 6.07) is 7.20. The number of rotatable bonds is 6. The fourth-order valence-electron chi connectivity index (χ4n) is 1.58. The van der Waals surface area contributed by atoms with Crippen LogP contribution in [-0.2, 0) is 0 Å². The quantitative estimate of drug-likeness (QED) is 0.788. The van der Waals surface area contributed by atoms with Crippen LogP contribution >= 0.6 is 0 Å². The van der Waals surface area contributed by atoms with Gasteiger partial charge in [-0.05, 0) is 31.9 Å². The molecule has 0 aliphatic carbocycles. The number of carbonyl (C=O) groups is 1. The molecule has 3 heteroatoms. The number of Topliss-reactive ketones (excluding diaryl/α,β-unsaturated/α-hetero) is 1. The maximum atomic E-state index is 12.1. The lowest BCUT2D eigenvalue weighted by atomic mass is 9.96. The predicted molar refractivity (Wildman–Crippen MR) is 74.0 cm³/mol. The minimum Gasteiger partial charge on any atom is -0.491 e. The number of ketones is 1. The van der Waals surface area contributed by atoms with Crippen LogP contribution in [0.5, 0.6) is 5.75 Å². The number of ether oxygens (including phenoxy) is 1. The van der Waals surface area contributed by atoms with Crippen molar-refractivity contribution in [1.82, 2.24) is 0 Å². The van der Waals surface area contributed by atoms with Crippen LogP contribution in [0.4, 0.5) is 0 Å². The maximum Gasteiger partial charge on any atom is 0.164 e. The van der Waals surface area contributed by atoms with Gasteiger partial charge < -0.3 is 10.5 Å². The molecule has 0 saturated carbocycles. The molecular weight excluding hydrogens is 226 g/mol. The average molecular weight is 249 g/mol. The van der Waals surface area contributed by atoms with Gasteiger partial charge in [0.2, 0.25) is 0 Å². The van der Waals surface area contributed by atoms with E-state index in [1.54, 1.807) is 6.07 Å². The van der Waals surface area contributed by atoms with Gasteiger partial charge in [-0.3, -0.25) is 4.79 Å². The zero-order valence-electron chi connectivity index (χ0n) is 11.6. The van der Waals surface area contributed by atoms with E-state index in [0.717, 1.165) is 5.75 Å². The molecule has 0 heterocycles. The van der Waals surface area contributed by atoms with Crippen molar-refractivity contribution in [2.45, 2.75) is 46.3 Å². The smallest absolute Gasteiger partial charge is 0.164 e. The lowest BCUT2D eigenvalue weighted by Crippen LogP contribution is -2.29. The van der Waals surface area contributed by atoms with Gasteiger partial charge in [0.05, 0.1) is 6.10 Å². The number of hydrogen-bond donors (Lipinski definition) is 1. The second-order valence-electron chi connectivity index (χ2n) is 5.23. The van der Waals surface area contributed by atoms with E-state index in [2.05, 4.69) is 0 Å². The maximum absolute atomic E-state index is 12.1. The van der Waals surface area contributed by atoms with Gasteiger partial charge in [0.15, 0.2) is 5.78 Å². The molecule has 0 aliphatic heterocycles. The summed E-state index contributed by atoms with van der Waals surface area (Å²) < 4.78 is 5.57.